The minimum Gasteiger partial charge on any atom is -0.422 e. The average molecular weight is 482 g/mol. The summed E-state index contributed by atoms with van der Waals surface area (Å²) in [7, 11) is -6.56. The van der Waals surface area contributed by atoms with Gasteiger partial charge >= 0.3 is 0 Å². The quantitative estimate of drug-likeness (QED) is 0.235. The third-order valence-corrected chi connectivity index (χ3v) is 6.87. The van der Waals surface area contributed by atoms with E-state index in [1.165, 1.54) is 11.3 Å². The first-order chi connectivity index (χ1) is 14.8. The SMILES string of the molecule is CS(=O)(=O)C(c1nnc(CNN[SH](=O)=O)o1)c1nc2cc(-c3ncccn3)ccc2s1. The lowest BCUT2D eigenvalue weighted by molar-refractivity contribution is 0.429. The smallest absolute Gasteiger partial charge is 0.241 e. The maximum Gasteiger partial charge on any atom is 0.241 e. The van der Waals surface area contributed by atoms with Crippen LogP contribution in [0.5, 0.6) is 0 Å². The Morgan fingerprint density at radius 1 is 1.19 bits per heavy atom. The van der Waals surface area contributed by atoms with E-state index in [0.29, 0.717) is 11.3 Å². The summed E-state index contributed by atoms with van der Waals surface area (Å²) in [6, 6.07) is 7.15. The third-order valence-electron chi connectivity index (χ3n) is 4.00. The number of fused-ring (bicyclic) bond motifs is 1. The predicted molar refractivity (Wildman–Crippen MR) is 112 cm³/mol. The second-order valence-electron chi connectivity index (χ2n) is 6.27. The molecule has 0 amide bonds. The monoisotopic (exact) mass is 481 g/mol. The molecular formula is C16H15N7O5S3. The Balaban J connectivity index is 1.68. The van der Waals surface area contributed by atoms with Gasteiger partial charge in [-0.2, -0.15) is 4.83 Å². The van der Waals surface area contributed by atoms with Crippen molar-refractivity contribution in [3.8, 4) is 11.4 Å². The molecule has 162 valence electrons. The van der Waals surface area contributed by atoms with Crippen LogP contribution in [0.2, 0.25) is 0 Å². The zero-order chi connectivity index (χ0) is 22.0. The average Bonchev–Trinajstić information content (AvgIpc) is 3.34. The van der Waals surface area contributed by atoms with Gasteiger partial charge in [-0.25, -0.2) is 37.2 Å². The molecule has 3 heterocycles. The lowest BCUT2D eigenvalue weighted by atomic mass is 10.2. The third kappa shape index (κ3) is 4.91. The summed E-state index contributed by atoms with van der Waals surface area (Å²) in [6.45, 7) is -0.118. The maximum absolute atomic E-state index is 12.5. The van der Waals surface area contributed by atoms with Gasteiger partial charge in [0.1, 0.15) is 5.01 Å². The lowest BCUT2D eigenvalue weighted by Crippen LogP contribution is -2.29. The zero-order valence-electron chi connectivity index (χ0n) is 15.8. The summed E-state index contributed by atoms with van der Waals surface area (Å²) >= 11 is 1.20. The molecule has 1 atom stereocenters. The molecular weight excluding hydrogens is 466 g/mol. The second-order valence-corrected chi connectivity index (χ2v) is 10.2. The molecule has 0 radical (unpaired) electrons. The highest BCUT2D eigenvalue weighted by atomic mass is 32.2. The number of thiazole rings is 1. The summed E-state index contributed by atoms with van der Waals surface area (Å²) in [5.74, 6) is 0.384. The highest BCUT2D eigenvalue weighted by Crippen LogP contribution is 2.35. The summed E-state index contributed by atoms with van der Waals surface area (Å²) in [4.78, 5) is 14.9. The van der Waals surface area contributed by atoms with Crippen molar-refractivity contribution < 1.29 is 21.3 Å². The van der Waals surface area contributed by atoms with Gasteiger partial charge < -0.3 is 4.42 Å². The number of hydrogen-bond donors (Lipinski definition) is 3. The van der Waals surface area contributed by atoms with Crippen molar-refractivity contribution in [2.75, 3.05) is 6.26 Å². The number of nitrogens with one attached hydrogen (secondary N) is 2. The molecule has 12 nitrogen and oxygen atoms in total. The van der Waals surface area contributed by atoms with Crippen molar-refractivity contribution in [2.45, 2.75) is 11.8 Å². The Labute approximate surface area is 181 Å². The molecule has 31 heavy (non-hydrogen) atoms. The van der Waals surface area contributed by atoms with Crippen LogP contribution in [0.1, 0.15) is 22.0 Å². The largest absolute Gasteiger partial charge is 0.422 e. The number of nitrogens with zero attached hydrogens (tertiary/aromatic N) is 5. The summed E-state index contributed by atoms with van der Waals surface area (Å²) in [6.07, 6.45) is 4.32. The van der Waals surface area contributed by atoms with Crippen molar-refractivity contribution in [1.29, 1.82) is 0 Å². The van der Waals surface area contributed by atoms with Gasteiger partial charge in [-0.15, -0.1) is 21.5 Å². The van der Waals surface area contributed by atoms with Crippen LogP contribution in [0.3, 0.4) is 0 Å². The van der Waals surface area contributed by atoms with Crippen LogP contribution in [-0.4, -0.2) is 48.2 Å². The molecule has 0 bridgehead atoms. The molecule has 0 aliphatic rings. The topological polar surface area (TPSA) is 170 Å². The summed E-state index contributed by atoms with van der Waals surface area (Å²) in [5.41, 5.74) is 3.69. The number of sulfone groups is 1. The van der Waals surface area contributed by atoms with Gasteiger partial charge in [0, 0.05) is 24.2 Å². The first-order valence-electron chi connectivity index (χ1n) is 8.63. The Morgan fingerprint density at radius 2 is 1.97 bits per heavy atom. The Hall–Kier alpha value is -2.85. The van der Waals surface area contributed by atoms with Gasteiger partial charge in [0.15, 0.2) is 20.9 Å². The number of thiol groups is 1. The van der Waals surface area contributed by atoms with Crippen LogP contribution in [0.25, 0.3) is 21.6 Å². The molecule has 1 aromatic carbocycles. The fraction of sp³-hybridized carbons (Fsp3) is 0.188. The van der Waals surface area contributed by atoms with Crippen molar-refractivity contribution in [2.24, 2.45) is 0 Å². The molecule has 4 aromatic rings. The lowest BCUT2D eigenvalue weighted by Gasteiger charge is -2.07. The Kier molecular flexibility index (Phi) is 6.01. The van der Waals surface area contributed by atoms with E-state index in [0.717, 1.165) is 16.5 Å². The molecule has 0 aliphatic heterocycles. The van der Waals surface area contributed by atoms with E-state index < -0.39 is 26.0 Å². The number of rotatable bonds is 8. The maximum atomic E-state index is 12.5. The van der Waals surface area contributed by atoms with Crippen molar-refractivity contribution in [1.82, 2.24) is 35.4 Å². The number of hydrogen-bond acceptors (Lipinski definition) is 12. The van der Waals surface area contributed by atoms with Crippen LogP contribution < -0.4 is 10.3 Å². The van der Waals surface area contributed by atoms with E-state index in [9.17, 15) is 16.8 Å². The van der Waals surface area contributed by atoms with Crippen molar-refractivity contribution >= 4 is 42.3 Å². The minimum absolute atomic E-state index is 0.0117. The Bertz CT molecular complexity index is 1390. The minimum atomic E-state index is -3.71. The second kappa shape index (κ2) is 8.72. The normalized spacial score (nSPS) is 13.1. The van der Waals surface area contributed by atoms with E-state index in [4.69, 9.17) is 4.42 Å². The molecule has 2 N–H and O–H groups in total. The number of benzene rings is 1. The van der Waals surface area contributed by atoms with E-state index in [1.54, 1.807) is 24.5 Å². The fourth-order valence-electron chi connectivity index (χ4n) is 2.74. The molecule has 3 aromatic heterocycles. The highest BCUT2D eigenvalue weighted by molar-refractivity contribution is 7.91. The molecule has 0 spiro atoms. The predicted octanol–water partition coefficient (Wildman–Crippen LogP) is 0.391. The Morgan fingerprint density at radius 3 is 2.68 bits per heavy atom. The van der Waals surface area contributed by atoms with Crippen molar-refractivity contribution in [3.63, 3.8) is 0 Å². The molecule has 4 rings (SSSR count). The van der Waals surface area contributed by atoms with E-state index in [-0.39, 0.29) is 23.3 Å². The van der Waals surface area contributed by atoms with Crippen LogP contribution in [0, 0.1) is 0 Å². The van der Waals surface area contributed by atoms with Crippen LogP contribution in [-0.2, 0) is 27.3 Å². The van der Waals surface area contributed by atoms with Gasteiger partial charge in [-0.3, -0.25) is 0 Å². The van der Waals surface area contributed by atoms with Crippen LogP contribution in [0.15, 0.2) is 41.1 Å². The molecule has 1 unspecified atom stereocenters. The van der Waals surface area contributed by atoms with E-state index >= 15 is 0 Å². The van der Waals surface area contributed by atoms with E-state index in [2.05, 4.69) is 30.6 Å². The summed E-state index contributed by atoms with van der Waals surface area (Å²) in [5, 5.41) is 6.60. The van der Waals surface area contributed by atoms with Crippen LogP contribution >= 0.6 is 11.3 Å². The molecule has 15 heteroatoms. The van der Waals surface area contributed by atoms with Gasteiger partial charge in [-0.05, 0) is 24.3 Å². The van der Waals surface area contributed by atoms with Gasteiger partial charge in [-0.1, -0.05) is 0 Å². The molecule has 0 aliphatic carbocycles. The summed E-state index contributed by atoms with van der Waals surface area (Å²) < 4.78 is 52.3. The first kappa shape index (κ1) is 21.4. The molecule has 0 saturated carbocycles. The van der Waals surface area contributed by atoms with Gasteiger partial charge in [0.25, 0.3) is 0 Å². The number of aromatic nitrogens is 5. The van der Waals surface area contributed by atoms with Crippen molar-refractivity contribution in [3.05, 3.63) is 53.4 Å². The fourth-order valence-corrected chi connectivity index (χ4v) is 5.42. The number of hydrazine groups is 1. The first-order valence-corrected chi connectivity index (χ1v) is 12.6. The molecule has 0 fully saturated rings. The van der Waals surface area contributed by atoms with Crippen LogP contribution in [0.4, 0.5) is 0 Å². The zero-order valence-corrected chi connectivity index (χ0v) is 18.3. The van der Waals surface area contributed by atoms with E-state index in [1.807, 2.05) is 17.0 Å². The van der Waals surface area contributed by atoms with Gasteiger partial charge in [0.2, 0.25) is 22.7 Å². The molecule has 0 saturated heterocycles. The van der Waals surface area contributed by atoms with Gasteiger partial charge in [0.05, 0.1) is 16.8 Å². The standard InChI is InChI=1S/C16H15N7O5S3/c1-31(26,27)13(15-22-21-12(28-15)8-19-23-30(24)25)16-20-10-7-9(3-4-11(10)29-16)14-17-5-2-6-18-14/h2-7,13,19,30H,8H2,1H3,(H,23,24,25). The highest BCUT2D eigenvalue weighted by Gasteiger charge is 2.33.